The van der Waals surface area contributed by atoms with E-state index in [0.717, 1.165) is 36.7 Å². The molecular weight excluding hydrogens is 260 g/mol. The van der Waals surface area contributed by atoms with E-state index in [-0.39, 0.29) is 0 Å². The van der Waals surface area contributed by atoms with E-state index in [2.05, 4.69) is 59.2 Å². The molecule has 1 aromatic heterocycles. The van der Waals surface area contributed by atoms with Gasteiger partial charge in [0, 0.05) is 30.5 Å². The second-order valence-corrected chi connectivity index (χ2v) is 5.00. The molecule has 0 aliphatic rings. The molecule has 0 unspecified atom stereocenters. The van der Waals surface area contributed by atoms with Gasteiger partial charge in [-0.1, -0.05) is 25.1 Å². The molecule has 21 heavy (non-hydrogen) atoms. The maximum Gasteiger partial charge on any atom is 0.229 e. The quantitative estimate of drug-likeness (QED) is 0.872. The van der Waals surface area contributed by atoms with E-state index in [0.29, 0.717) is 5.95 Å². The maximum absolute atomic E-state index is 4.65. The SMILES string of the molecule is CCc1ccccc1Nc1nc(C)cc(N(CC)CC)n1. The van der Waals surface area contributed by atoms with E-state index in [9.17, 15) is 0 Å². The van der Waals surface area contributed by atoms with Crippen LogP contribution in [-0.4, -0.2) is 23.1 Å². The lowest BCUT2D eigenvalue weighted by Crippen LogP contribution is -2.23. The molecule has 0 spiro atoms. The minimum atomic E-state index is 0.665. The lowest BCUT2D eigenvalue weighted by Gasteiger charge is -2.21. The van der Waals surface area contributed by atoms with Gasteiger partial charge in [-0.3, -0.25) is 0 Å². The lowest BCUT2D eigenvalue weighted by atomic mass is 10.1. The summed E-state index contributed by atoms with van der Waals surface area (Å²) in [7, 11) is 0. The number of aromatic nitrogens is 2. The molecule has 112 valence electrons. The molecule has 0 radical (unpaired) electrons. The van der Waals surface area contributed by atoms with Crippen LogP contribution >= 0.6 is 0 Å². The number of hydrogen-bond acceptors (Lipinski definition) is 4. The third-order valence-corrected chi connectivity index (χ3v) is 3.57. The Kier molecular flexibility index (Phi) is 5.14. The van der Waals surface area contributed by atoms with Crippen LogP contribution in [0.5, 0.6) is 0 Å². The molecule has 0 aliphatic carbocycles. The van der Waals surface area contributed by atoms with Crippen molar-refractivity contribution in [1.29, 1.82) is 0 Å². The van der Waals surface area contributed by atoms with E-state index >= 15 is 0 Å². The topological polar surface area (TPSA) is 41.1 Å². The van der Waals surface area contributed by atoms with Gasteiger partial charge in [0.25, 0.3) is 0 Å². The second-order valence-electron chi connectivity index (χ2n) is 5.00. The first-order chi connectivity index (χ1) is 10.2. The van der Waals surface area contributed by atoms with Crippen LogP contribution in [0.15, 0.2) is 30.3 Å². The van der Waals surface area contributed by atoms with Crippen molar-refractivity contribution in [2.75, 3.05) is 23.3 Å². The van der Waals surface area contributed by atoms with Crippen molar-refractivity contribution < 1.29 is 0 Å². The highest BCUT2D eigenvalue weighted by Crippen LogP contribution is 2.21. The first-order valence-corrected chi connectivity index (χ1v) is 7.63. The van der Waals surface area contributed by atoms with Crippen molar-refractivity contribution in [2.45, 2.75) is 34.1 Å². The molecule has 0 aliphatic heterocycles. The van der Waals surface area contributed by atoms with Gasteiger partial charge < -0.3 is 10.2 Å². The van der Waals surface area contributed by atoms with Gasteiger partial charge in [-0.2, -0.15) is 4.98 Å². The Balaban J connectivity index is 2.32. The Morgan fingerprint density at radius 2 is 1.76 bits per heavy atom. The zero-order chi connectivity index (χ0) is 15.2. The first kappa shape index (κ1) is 15.3. The van der Waals surface area contributed by atoms with E-state index in [4.69, 9.17) is 0 Å². The average Bonchev–Trinajstić information content (AvgIpc) is 2.48. The number of hydrogen-bond donors (Lipinski definition) is 1. The van der Waals surface area contributed by atoms with Crippen LogP contribution in [0.4, 0.5) is 17.5 Å². The number of rotatable bonds is 6. The number of aryl methyl sites for hydroxylation is 2. The fourth-order valence-electron chi connectivity index (χ4n) is 2.39. The second kappa shape index (κ2) is 7.07. The molecule has 0 saturated carbocycles. The minimum Gasteiger partial charge on any atom is -0.357 e. The standard InChI is InChI=1S/C17H24N4/c1-5-14-10-8-9-11-15(14)19-17-18-13(4)12-16(20-17)21(6-2)7-3/h8-12H,5-7H2,1-4H3,(H,18,19,20). The normalized spacial score (nSPS) is 10.5. The fraction of sp³-hybridized carbons (Fsp3) is 0.412. The largest absolute Gasteiger partial charge is 0.357 e. The Morgan fingerprint density at radius 3 is 2.43 bits per heavy atom. The van der Waals surface area contributed by atoms with Gasteiger partial charge in [-0.15, -0.1) is 0 Å². The van der Waals surface area contributed by atoms with E-state index in [1.807, 2.05) is 19.1 Å². The fourth-order valence-corrected chi connectivity index (χ4v) is 2.39. The summed E-state index contributed by atoms with van der Waals surface area (Å²) >= 11 is 0. The molecule has 0 atom stereocenters. The van der Waals surface area contributed by atoms with E-state index in [1.165, 1.54) is 5.56 Å². The summed E-state index contributed by atoms with van der Waals surface area (Å²) in [5.41, 5.74) is 3.33. The molecule has 4 nitrogen and oxygen atoms in total. The summed E-state index contributed by atoms with van der Waals surface area (Å²) in [6, 6.07) is 10.3. The number of benzene rings is 1. The van der Waals surface area contributed by atoms with Crippen LogP contribution in [-0.2, 0) is 6.42 Å². The summed E-state index contributed by atoms with van der Waals surface area (Å²) in [6.45, 7) is 10.3. The van der Waals surface area contributed by atoms with Crippen molar-refractivity contribution in [3.8, 4) is 0 Å². The van der Waals surface area contributed by atoms with Crippen molar-refractivity contribution in [2.24, 2.45) is 0 Å². The van der Waals surface area contributed by atoms with Crippen LogP contribution in [0, 0.1) is 6.92 Å². The third-order valence-electron chi connectivity index (χ3n) is 3.57. The molecule has 1 N–H and O–H groups in total. The van der Waals surface area contributed by atoms with Crippen LogP contribution in [0.25, 0.3) is 0 Å². The van der Waals surface area contributed by atoms with Crippen molar-refractivity contribution in [3.63, 3.8) is 0 Å². The highest BCUT2D eigenvalue weighted by Gasteiger charge is 2.08. The van der Waals surface area contributed by atoms with Gasteiger partial charge in [-0.05, 0) is 38.8 Å². The molecule has 4 heteroatoms. The number of para-hydroxylation sites is 1. The van der Waals surface area contributed by atoms with Gasteiger partial charge in [-0.25, -0.2) is 4.98 Å². The van der Waals surface area contributed by atoms with E-state index in [1.54, 1.807) is 0 Å². The Bertz CT molecular complexity index is 591. The third kappa shape index (κ3) is 3.72. The summed E-state index contributed by atoms with van der Waals surface area (Å²) < 4.78 is 0. The Labute approximate surface area is 127 Å². The highest BCUT2D eigenvalue weighted by atomic mass is 15.2. The molecule has 2 aromatic rings. The van der Waals surface area contributed by atoms with Crippen molar-refractivity contribution in [1.82, 2.24) is 9.97 Å². The molecule has 0 saturated heterocycles. The number of nitrogens with one attached hydrogen (secondary N) is 1. The average molecular weight is 284 g/mol. The van der Waals surface area contributed by atoms with Gasteiger partial charge in [0.2, 0.25) is 5.95 Å². The highest BCUT2D eigenvalue weighted by molar-refractivity contribution is 5.59. The Hall–Kier alpha value is -2.10. The molecule has 1 heterocycles. The van der Waals surface area contributed by atoms with Gasteiger partial charge in [0.1, 0.15) is 5.82 Å². The molecule has 0 fully saturated rings. The van der Waals surface area contributed by atoms with Crippen molar-refractivity contribution >= 4 is 17.5 Å². The molecular formula is C17H24N4. The van der Waals surface area contributed by atoms with Gasteiger partial charge in [0.15, 0.2) is 0 Å². The minimum absolute atomic E-state index is 0.665. The van der Waals surface area contributed by atoms with Gasteiger partial charge >= 0.3 is 0 Å². The van der Waals surface area contributed by atoms with Crippen LogP contribution in [0.3, 0.4) is 0 Å². The molecule has 2 rings (SSSR count). The van der Waals surface area contributed by atoms with E-state index < -0.39 is 0 Å². The van der Waals surface area contributed by atoms with Crippen LogP contribution in [0.2, 0.25) is 0 Å². The molecule has 0 amide bonds. The van der Waals surface area contributed by atoms with Crippen molar-refractivity contribution in [3.05, 3.63) is 41.6 Å². The first-order valence-electron chi connectivity index (χ1n) is 7.63. The number of nitrogens with zero attached hydrogens (tertiary/aromatic N) is 3. The summed E-state index contributed by atoms with van der Waals surface area (Å²) in [5, 5.41) is 3.36. The Morgan fingerprint density at radius 1 is 1.05 bits per heavy atom. The lowest BCUT2D eigenvalue weighted by molar-refractivity contribution is 0.840. The zero-order valence-corrected chi connectivity index (χ0v) is 13.3. The summed E-state index contributed by atoms with van der Waals surface area (Å²) in [4.78, 5) is 11.4. The number of anilines is 3. The predicted octanol–water partition coefficient (Wildman–Crippen LogP) is 3.94. The molecule has 1 aromatic carbocycles. The van der Waals surface area contributed by atoms with Crippen LogP contribution in [0.1, 0.15) is 32.0 Å². The summed E-state index contributed by atoms with van der Waals surface area (Å²) in [5.74, 6) is 1.64. The smallest absolute Gasteiger partial charge is 0.229 e. The van der Waals surface area contributed by atoms with Crippen LogP contribution < -0.4 is 10.2 Å². The van der Waals surface area contributed by atoms with Gasteiger partial charge in [0.05, 0.1) is 0 Å². The predicted molar refractivity (Wildman–Crippen MR) is 89.4 cm³/mol. The molecule has 0 bridgehead atoms. The monoisotopic (exact) mass is 284 g/mol. The summed E-state index contributed by atoms with van der Waals surface area (Å²) in [6.07, 6.45) is 0.984. The maximum atomic E-state index is 4.65. The zero-order valence-electron chi connectivity index (χ0n) is 13.3.